The lowest BCUT2D eigenvalue weighted by molar-refractivity contribution is 0.889. The molecule has 0 saturated heterocycles. The van der Waals surface area contributed by atoms with E-state index in [0.29, 0.717) is 5.69 Å². The monoisotopic (exact) mass is 222 g/mol. The van der Waals surface area contributed by atoms with E-state index >= 15 is 0 Å². The van der Waals surface area contributed by atoms with Gasteiger partial charge in [0.25, 0.3) is 0 Å². The van der Waals surface area contributed by atoms with Crippen LogP contribution in [0.4, 0.5) is 0 Å². The summed E-state index contributed by atoms with van der Waals surface area (Å²) in [4.78, 5) is 3.85. The molecule has 12 heavy (non-hydrogen) atoms. The zero-order valence-electron chi connectivity index (χ0n) is 5.90. The molecule has 2 aromatic heterocycles. The average Bonchev–Trinajstić information content (AvgIpc) is 2.44. The van der Waals surface area contributed by atoms with Gasteiger partial charge in [-0.3, -0.25) is 0 Å². The minimum atomic E-state index is 0.499. The molecule has 0 unspecified atom stereocenters. The topological polar surface area (TPSA) is 54.0 Å². The lowest BCUT2D eigenvalue weighted by Crippen LogP contribution is -1.93. The number of halogens is 1. The molecule has 0 saturated carbocycles. The molecule has 0 aliphatic heterocycles. The highest BCUT2D eigenvalue weighted by Crippen LogP contribution is 2.19. The van der Waals surface area contributed by atoms with Crippen molar-refractivity contribution in [3.05, 3.63) is 28.8 Å². The summed E-state index contributed by atoms with van der Waals surface area (Å²) in [6, 6.07) is 3.75. The summed E-state index contributed by atoms with van der Waals surface area (Å²) in [6.45, 7) is 0. The van der Waals surface area contributed by atoms with Gasteiger partial charge in [-0.1, -0.05) is 0 Å². The zero-order chi connectivity index (χ0) is 8.55. The first-order valence-electron chi connectivity index (χ1n) is 3.20. The maximum atomic E-state index is 8.70. The summed E-state index contributed by atoms with van der Waals surface area (Å²) in [5.41, 5.74) is 1.30. The Bertz CT molecular complexity index is 468. The van der Waals surface area contributed by atoms with Gasteiger partial charge in [0.15, 0.2) is 0 Å². The molecule has 5 heteroatoms. The summed E-state index contributed by atoms with van der Waals surface area (Å²) in [5.74, 6) is 0. The molecule has 0 aliphatic rings. The van der Waals surface area contributed by atoms with Crippen LogP contribution in [0.3, 0.4) is 0 Å². The van der Waals surface area contributed by atoms with E-state index in [2.05, 4.69) is 26.0 Å². The molecule has 0 radical (unpaired) electrons. The Labute approximate surface area is 76.6 Å². The normalized spacial score (nSPS) is 10.0. The first-order valence-corrected chi connectivity index (χ1v) is 3.99. The zero-order valence-corrected chi connectivity index (χ0v) is 7.48. The lowest BCUT2D eigenvalue weighted by Gasteiger charge is -1.90. The van der Waals surface area contributed by atoms with Gasteiger partial charge in [0.2, 0.25) is 0 Å². The van der Waals surface area contributed by atoms with Crippen molar-refractivity contribution in [3.63, 3.8) is 0 Å². The molecule has 0 N–H and O–H groups in total. The standard InChI is InChI=1S/C7H3BrN4/c8-6-1-5(2-9)12-7(6)3-10-4-11-12/h1,3-4H. The second-order valence-electron chi connectivity index (χ2n) is 2.20. The Morgan fingerprint density at radius 3 is 3.17 bits per heavy atom. The van der Waals surface area contributed by atoms with Crippen LogP contribution in [0.25, 0.3) is 5.52 Å². The first-order chi connectivity index (χ1) is 5.83. The van der Waals surface area contributed by atoms with Gasteiger partial charge in [0.1, 0.15) is 18.1 Å². The van der Waals surface area contributed by atoms with Gasteiger partial charge in [-0.2, -0.15) is 10.4 Å². The van der Waals surface area contributed by atoms with Crippen LogP contribution in [0, 0.1) is 11.3 Å². The van der Waals surface area contributed by atoms with Gasteiger partial charge in [-0.15, -0.1) is 0 Å². The van der Waals surface area contributed by atoms with Gasteiger partial charge in [-0.05, 0) is 22.0 Å². The van der Waals surface area contributed by atoms with Crippen LogP contribution in [0.2, 0.25) is 0 Å². The van der Waals surface area contributed by atoms with Crippen molar-refractivity contribution >= 4 is 21.4 Å². The van der Waals surface area contributed by atoms with Crippen LogP contribution in [0.15, 0.2) is 23.1 Å². The maximum Gasteiger partial charge on any atom is 0.144 e. The molecule has 0 bridgehead atoms. The second kappa shape index (κ2) is 2.57. The van der Waals surface area contributed by atoms with E-state index in [1.165, 1.54) is 10.8 Å². The number of hydrogen-bond donors (Lipinski definition) is 0. The molecule has 2 rings (SSSR count). The van der Waals surface area contributed by atoms with Crippen LogP contribution in [0.1, 0.15) is 5.69 Å². The molecule has 58 valence electrons. The minimum Gasteiger partial charge on any atom is -0.241 e. The van der Waals surface area contributed by atoms with E-state index in [-0.39, 0.29) is 0 Å². The highest BCUT2D eigenvalue weighted by Gasteiger charge is 2.05. The molecule has 0 amide bonds. The third-order valence-electron chi connectivity index (χ3n) is 1.51. The molecule has 2 heterocycles. The first kappa shape index (κ1) is 7.25. The fourth-order valence-electron chi connectivity index (χ4n) is 0.992. The molecular weight excluding hydrogens is 220 g/mol. The molecule has 2 aromatic rings. The van der Waals surface area contributed by atoms with E-state index in [9.17, 15) is 0 Å². The molecule has 0 aliphatic carbocycles. The van der Waals surface area contributed by atoms with Gasteiger partial charge in [0.05, 0.1) is 11.7 Å². The van der Waals surface area contributed by atoms with Crippen LogP contribution < -0.4 is 0 Å². The highest BCUT2D eigenvalue weighted by molar-refractivity contribution is 9.10. The Morgan fingerprint density at radius 1 is 1.58 bits per heavy atom. The van der Waals surface area contributed by atoms with Crippen LogP contribution in [-0.2, 0) is 0 Å². The van der Waals surface area contributed by atoms with E-state index in [4.69, 9.17) is 5.26 Å². The van der Waals surface area contributed by atoms with Crippen molar-refractivity contribution in [2.75, 3.05) is 0 Å². The van der Waals surface area contributed by atoms with Gasteiger partial charge in [-0.25, -0.2) is 9.50 Å². The maximum absolute atomic E-state index is 8.70. The fourth-order valence-corrected chi connectivity index (χ4v) is 1.48. The van der Waals surface area contributed by atoms with Crippen molar-refractivity contribution < 1.29 is 0 Å². The van der Waals surface area contributed by atoms with E-state index < -0.39 is 0 Å². The van der Waals surface area contributed by atoms with E-state index in [0.717, 1.165) is 9.99 Å². The number of fused-ring (bicyclic) bond motifs is 1. The third-order valence-corrected chi connectivity index (χ3v) is 2.14. The number of nitriles is 1. The number of hydrogen-bond acceptors (Lipinski definition) is 3. The molecule has 0 fully saturated rings. The van der Waals surface area contributed by atoms with Crippen LogP contribution in [0.5, 0.6) is 0 Å². The predicted molar refractivity (Wildman–Crippen MR) is 45.4 cm³/mol. The van der Waals surface area contributed by atoms with Crippen molar-refractivity contribution in [3.8, 4) is 6.07 Å². The summed E-state index contributed by atoms with van der Waals surface area (Å²) in [7, 11) is 0. The van der Waals surface area contributed by atoms with Crippen LogP contribution in [-0.4, -0.2) is 14.6 Å². The van der Waals surface area contributed by atoms with Crippen LogP contribution >= 0.6 is 15.9 Å². The summed E-state index contributed by atoms with van der Waals surface area (Å²) in [5, 5.41) is 12.6. The smallest absolute Gasteiger partial charge is 0.144 e. The Hall–Kier alpha value is -1.41. The van der Waals surface area contributed by atoms with Gasteiger partial charge < -0.3 is 0 Å². The highest BCUT2D eigenvalue weighted by atomic mass is 79.9. The van der Waals surface area contributed by atoms with Gasteiger partial charge >= 0.3 is 0 Å². The Balaban J connectivity index is 2.94. The van der Waals surface area contributed by atoms with Crippen molar-refractivity contribution in [1.82, 2.24) is 14.6 Å². The predicted octanol–water partition coefficient (Wildman–Crippen LogP) is 1.36. The molecule has 0 spiro atoms. The number of aromatic nitrogens is 3. The molecule has 0 atom stereocenters. The Kier molecular flexibility index (Phi) is 1.55. The second-order valence-corrected chi connectivity index (χ2v) is 3.05. The van der Waals surface area contributed by atoms with Crippen molar-refractivity contribution in [2.45, 2.75) is 0 Å². The number of nitrogens with zero attached hydrogens (tertiary/aromatic N) is 4. The molecule has 4 nitrogen and oxygen atoms in total. The van der Waals surface area contributed by atoms with Crippen molar-refractivity contribution in [2.24, 2.45) is 0 Å². The minimum absolute atomic E-state index is 0.499. The summed E-state index contributed by atoms with van der Waals surface area (Å²) < 4.78 is 2.37. The molecular formula is C7H3BrN4. The number of rotatable bonds is 0. The third kappa shape index (κ3) is 0.889. The summed E-state index contributed by atoms with van der Waals surface area (Å²) in [6.07, 6.45) is 3.05. The fraction of sp³-hybridized carbons (Fsp3) is 0. The summed E-state index contributed by atoms with van der Waals surface area (Å²) >= 11 is 3.31. The van der Waals surface area contributed by atoms with Gasteiger partial charge in [0, 0.05) is 4.47 Å². The van der Waals surface area contributed by atoms with E-state index in [1.807, 2.05) is 6.07 Å². The van der Waals surface area contributed by atoms with E-state index in [1.54, 1.807) is 12.3 Å². The average molecular weight is 223 g/mol. The largest absolute Gasteiger partial charge is 0.241 e. The Morgan fingerprint density at radius 2 is 2.42 bits per heavy atom. The van der Waals surface area contributed by atoms with Crippen molar-refractivity contribution in [1.29, 1.82) is 5.26 Å². The SMILES string of the molecule is N#Cc1cc(Br)c2cncnn12. The molecule has 0 aromatic carbocycles. The lowest BCUT2D eigenvalue weighted by atomic mass is 10.5. The quantitative estimate of drug-likeness (QED) is 0.677.